The van der Waals surface area contributed by atoms with Crippen molar-refractivity contribution in [2.45, 2.75) is 115 Å². The Morgan fingerprint density at radius 1 is 0.970 bits per heavy atom. The van der Waals surface area contributed by atoms with Crippen LogP contribution in [0.2, 0.25) is 0 Å². The van der Waals surface area contributed by atoms with E-state index in [1.165, 1.54) is 21.8 Å². The average molecular weight is 929 g/mol. The number of rotatable bonds is 10. The van der Waals surface area contributed by atoms with Crippen molar-refractivity contribution in [2.24, 2.45) is 16.6 Å². The number of ether oxygens (including phenoxy) is 1. The fraction of sp³-hybridized carbons (Fsp3) is 0.442. The number of hydrogen-bond acceptors (Lipinski definition) is 8. The van der Waals surface area contributed by atoms with Crippen LogP contribution in [0, 0.1) is 11.7 Å². The van der Waals surface area contributed by atoms with Gasteiger partial charge >= 0.3 is 11.4 Å². The van der Waals surface area contributed by atoms with Crippen LogP contribution < -0.4 is 17.2 Å². The van der Waals surface area contributed by atoms with Crippen molar-refractivity contribution in [1.29, 1.82) is 0 Å². The fourth-order valence-corrected chi connectivity index (χ4v) is 11.4. The van der Waals surface area contributed by atoms with Crippen LogP contribution in [0.15, 0.2) is 109 Å². The van der Waals surface area contributed by atoms with Crippen molar-refractivity contribution in [1.82, 2.24) is 28.7 Å². The number of hydrogen-bond donors (Lipinski definition) is 2. The SMILES string of the molecule is CC.CC1C(C(=Nc2ccc(F)c(C3CC3)c2)n2ccn(-c3ccc(CP(C)C)cc3)c2=O)=C(N)CCN1C(=O)c1cc2cc(C3CCOC(C)(C)C3)ccc2n1C1(c2noc(=O)[nH]2)CC1C. The highest BCUT2D eigenvalue weighted by atomic mass is 31.1. The standard InChI is InChI=1S/C50H56FN8O5P.C2H6/c1-29-26-50(29,46-54-47(61)64-55-46)59-41-16-11-33(34-18-22-63-49(3,4)27-34)23-35(41)24-42(59)45(60)56-19-17-40(52)43(30(56)2)44(53-36-12-15-39(51)38(25-36)32-9-10-32)58-21-20-57(48(58)62)37-13-7-31(8-14-37)28-65(5)6;1-2/h7-8,11-16,20-21,23-25,29-30,32,34H,9-10,17-19,22,26-28,52H2,1-6H3,(H,54,55,61);1-2H3. The molecular formula is C52H62FN8O5P. The summed E-state index contributed by atoms with van der Waals surface area (Å²) < 4.78 is 31.3. The van der Waals surface area contributed by atoms with E-state index in [9.17, 15) is 9.59 Å². The number of aromatic amines is 1. The van der Waals surface area contributed by atoms with E-state index in [0.29, 0.717) is 65.7 Å². The van der Waals surface area contributed by atoms with E-state index in [4.69, 9.17) is 20.0 Å². The van der Waals surface area contributed by atoms with Crippen LogP contribution in [0.1, 0.15) is 125 Å². The van der Waals surface area contributed by atoms with Crippen LogP contribution in [-0.2, 0) is 16.4 Å². The van der Waals surface area contributed by atoms with E-state index in [1.807, 2.05) is 43.5 Å². The zero-order valence-corrected chi connectivity index (χ0v) is 40.7. The number of amides is 1. The molecule has 2 aliphatic carbocycles. The molecule has 1 saturated heterocycles. The molecule has 3 N–H and O–H groups in total. The predicted octanol–water partition coefficient (Wildman–Crippen LogP) is 9.74. The van der Waals surface area contributed by atoms with Gasteiger partial charge in [0.05, 0.1) is 23.0 Å². The molecule has 3 aromatic carbocycles. The van der Waals surface area contributed by atoms with Crippen LogP contribution in [0.5, 0.6) is 0 Å². The molecule has 3 fully saturated rings. The van der Waals surface area contributed by atoms with Crippen LogP contribution in [0.3, 0.4) is 0 Å². The summed E-state index contributed by atoms with van der Waals surface area (Å²) in [6, 6.07) is 20.5. The Bertz CT molecular complexity index is 3020. The highest BCUT2D eigenvalue weighted by Crippen LogP contribution is 2.56. The van der Waals surface area contributed by atoms with Gasteiger partial charge in [0.1, 0.15) is 22.9 Å². The highest BCUT2D eigenvalue weighted by molar-refractivity contribution is 7.55. The molecule has 4 aliphatic rings. The first-order valence-electron chi connectivity index (χ1n) is 23.7. The lowest BCUT2D eigenvalue weighted by molar-refractivity contribution is -0.0592. The molecule has 6 aromatic rings. The Kier molecular flexibility index (Phi) is 12.4. The van der Waals surface area contributed by atoms with Crippen molar-refractivity contribution >= 4 is 36.3 Å². The summed E-state index contributed by atoms with van der Waals surface area (Å²) in [5.41, 5.74) is 12.0. The Morgan fingerprint density at radius 3 is 2.37 bits per heavy atom. The Hall–Kier alpha value is -5.85. The fourth-order valence-electron chi connectivity index (χ4n) is 10.4. The summed E-state index contributed by atoms with van der Waals surface area (Å²) in [6.07, 6.45) is 8.89. The van der Waals surface area contributed by atoms with Gasteiger partial charge in [-0.15, -0.1) is 7.92 Å². The molecule has 15 heteroatoms. The number of nitrogens with two attached hydrogens (primary N) is 1. The van der Waals surface area contributed by atoms with Crippen molar-refractivity contribution in [3.8, 4) is 5.69 Å². The first-order chi connectivity index (χ1) is 32.1. The smallest absolute Gasteiger partial charge is 0.402 e. The molecule has 1 amide bonds. The van der Waals surface area contributed by atoms with E-state index in [0.717, 1.165) is 42.7 Å². The molecular weight excluding hydrogens is 867 g/mol. The van der Waals surface area contributed by atoms with Crippen LogP contribution >= 0.6 is 7.92 Å². The first-order valence-corrected chi connectivity index (χ1v) is 26.1. The van der Waals surface area contributed by atoms with Gasteiger partial charge in [0.15, 0.2) is 5.82 Å². The van der Waals surface area contributed by atoms with Gasteiger partial charge in [-0.05, 0) is 155 Å². The highest BCUT2D eigenvalue weighted by Gasteiger charge is 2.59. The van der Waals surface area contributed by atoms with Gasteiger partial charge in [0, 0.05) is 54.1 Å². The molecule has 0 bridgehead atoms. The van der Waals surface area contributed by atoms with Gasteiger partial charge in [-0.2, -0.15) is 0 Å². The average Bonchev–Trinajstić information content (AvgIpc) is 4.11. The molecule has 0 radical (unpaired) electrons. The topological polar surface area (TPSA) is 159 Å². The van der Waals surface area contributed by atoms with Gasteiger partial charge in [0.2, 0.25) is 0 Å². The lowest BCUT2D eigenvalue weighted by atomic mass is 9.83. The summed E-state index contributed by atoms with van der Waals surface area (Å²) in [7, 11) is -0.131. The number of carbonyl (C=O) groups is 1. The maximum absolute atomic E-state index is 15.5. The first kappa shape index (κ1) is 46.3. The zero-order valence-electron chi connectivity index (χ0n) is 39.8. The normalized spacial score (nSPS) is 22.9. The summed E-state index contributed by atoms with van der Waals surface area (Å²) in [5, 5.41) is 5.09. The second-order valence-electron chi connectivity index (χ2n) is 19.5. The second-order valence-corrected chi connectivity index (χ2v) is 21.9. The van der Waals surface area contributed by atoms with E-state index in [-0.39, 0.29) is 54.5 Å². The molecule has 13 nitrogen and oxygen atoms in total. The van der Waals surface area contributed by atoms with Gasteiger partial charge in [-0.3, -0.25) is 23.4 Å². The molecule has 10 rings (SSSR count). The number of carbonyl (C=O) groups excluding carboxylic acids is 1. The second kappa shape index (κ2) is 18.0. The lowest BCUT2D eigenvalue weighted by Gasteiger charge is -2.37. The quantitative estimate of drug-likeness (QED) is 0.0787. The number of benzene rings is 3. The minimum absolute atomic E-state index is 0.0180. The molecule has 3 aromatic heterocycles. The van der Waals surface area contributed by atoms with Crippen LogP contribution in [0.4, 0.5) is 10.1 Å². The lowest BCUT2D eigenvalue weighted by Crippen LogP contribution is -2.49. The predicted molar refractivity (Wildman–Crippen MR) is 263 cm³/mol. The number of imidazole rings is 1. The summed E-state index contributed by atoms with van der Waals surface area (Å²) in [6.45, 7) is 17.7. The van der Waals surface area contributed by atoms with E-state index < -0.39 is 17.3 Å². The minimum Gasteiger partial charge on any atom is -0.402 e. The van der Waals surface area contributed by atoms with Crippen LogP contribution in [0.25, 0.3) is 16.6 Å². The van der Waals surface area contributed by atoms with Crippen molar-refractivity contribution in [2.75, 3.05) is 26.5 Å². The molecule has 4 atom stereocenters. The van der Waals surface area contributed by atoms with Gasteiger partial charge < -0.3 is 19.9 Å². The van der Waals surface area contributed by atoms with E-state index >= 15 is 9.18 Å². The van der Waals surface area contributed by atoms with E-state index in [1.54, 1.807) is 34.0 Å². The molecule has 2 aliphatic heterocycles. The minimum atomic E-state index is -0.837. The van der Waals surface area contributed by atoms with Gasteiger partial charge in [0.25, 0.3) is 5.91 Å². The van der Waals surface area contributed by atoms with Gasteiger partial charge in [-0.1, -0.05) is 44.1 Å². The molecule has 5 heterocycles. The largest absolute Gasteiger partial charge is 0.438 e. The van der Waals surface area contributed by atoms with Crippen molar-refractivity contribution < 1.29 is 18.4 Å². The monoisotopic (exact) mass is 928 g/mol. The number of fused-ring (bicyclic) bond motifs is 1. The maximum atomic E-state index is 15.5. The van der Waals surface area contributed by atoms with E-state index in [2.05, 4.69) is 74.6 Å². The Labute approximate surface area is 391 Å². The molecule has 2 saturated carbocycles. The number of nitrogens with one attached hydrogen (secondary N) is 1. The van der Waals surface area contributed by atoms with Crippen LogP contribution in [-0.4, -0.2) is 78.6 Å². The molecule has 67 heavy (non-hydrogen) atoms. The number of aromatic nitrogens is 5. The number of nitrogens with zero attached hydrogens (tertiary/aromatic N) is 6. The maximum Gasteiger partial charge on any atom is 0.438 e. The van der Waals surface area contributed by atoms with Crippen molar-refractivity contribution in [3.63, 3.8) is 0 Å². The summed E-state index contributed by atoms with van der Waals surface area (Å²) in [5.74, 6) is -0.128. The third-order valence-corrected chi connectivity index (χ3v) is 15.0. The number of aliphatic imine (C=N–C) groups is 1. The van der Waals surface area contributed by atoms with Crippen molar-refractivity contribution in [3.05, 3.63) is 145 Å². The number of H-pyrrole nitrogens is 1. The summed E-state index contributed by atoms with van der Waals surface area (Å²) in [4.78, 5) is 52.3. The summed E-state index contributed by atoms with van der Waals surface area (Å²) >= 11 is 0. The molecule has 0 spiro atoms. The molecule has 4 unspecified atom stereocenters. The third-order valence-electron chi connectivity index (χ3n) is 14.0. The Balaban J connectivity index is 0.00000278. The number of halogens is 1. The zero-order chi connectivity index (χ0) is 47.5. The third kappa shape index (κ3) is 8.67. The van der Waals surface area contributed by atoms with Gasteiger partial charge in [-0.25, -0.2) is 19.0 Å². The Morgan fingerprint density at radius 2 is 1.72 bits per heavy atom. The molecule has 352 valence electrons.